The van der Waals surface area contributed by atoms with Gasteiger partial charge >= 0.3 is 0 Å². The summed E-state index contributed by atoms with van der Waals surface area (Å²) in [5.41, 5.74) is 3.51. The van der Waals surface area contributed by atoms with Gasteiger partial charge in [-0.15, -0.1) is 0 Å². The monoisotopic (exact) mass is 465 g/mol. The first-order valence-electron chi connectivity index (χ1n) is 10.9. The zero-order valence-corrected chi connectivity index (χ0v) is 19.6. The summed E-state index contributed by atoms with van der Waals surface area (Å²) in [5.74, 6) is -0.828. The van der Waals surface area contributed by atoms with Gasteiger partial charge in [0.2, 0.25) is 5.91 Å². The van der Waals surface area contributed by atoms with Crippen molar-refractivity contribution in [2.45, 2.75) is 51.7 Å². The molecule has 0 saturated carbocycles. The number of ether oxygens (including phenoxy) is 1. The van der Waals surface area contributed by atoms with Gasteiger partial charge in [-0.2, -0.15) is 0 Å². The summed E-state index contributed by atoms with van der Waals surface area (Å²) < 4.78 is 18.7. The summed E-state index contributed by atoms with van der Waals surface area (Å²) in [6.07, 6.45) is 3.94. The molecule has 0 aliphatic carbocycles. The molecule has 0 bridgehead atoms. The topological polar surface area (TPSA) is 83.5 Å². The Balaban J connectivity index is 1.88. The van der Waals surface area contributed by atoms with E-state index in [-0.39, 0.29) is 18.0 Å². The van der Waals surface area contributed by atoms with E-state index in [0.29, 0.717) is 23.8 Å². The fourth-order valence-electron chi connectivity index (χ4n) is 3.78. The molecular formula is C24H33ClFN3O3. The Hall–Kier alpha value is -2.06. The normalized spacial score (nSPS) is 14.2. The maximum atomic E-state index is 13.2. The van der Waals surface area contributed by atoms with Crippen LogP contribution in [-0.2, 0) is 9.53 Å². The predicted octanol–water partition coefficient (Wildman–Crippen LogP) is 5.23. The summed E-state index contributed by atoms with van der Waals surface area (Å²) in [6.45, 7) is 5.04. The first-order valence-corrected chi connectivity index (χ1v) is 11.3. The molecule has 1 heterocycles. The Labute approximate surface area is 194 Å². The van der Waals surface area contributed by atoms with E-state index in [9.17, 15) is 9.18 Å². The Morgan fingerprint density at radius 3 is 2.47 bits per heavy atom. The summed E-state index contributed by atoms with van der Waals surface area (Å²) >= 11 is 5.94. The van der Waals surface area contributed by atoms with Crippen LogP contribution in [0.1, 0.15) is 62.9 Å². The number of hydroxylamine groups is 1. The maximum absolute atomic E-state index is 13.2. The summed E-state index contributed by atoms with van der Waals surface area (Å²) in [5, 5.41) is 13.3. The van der Waals surface area contributed by atoms with Crippen LogP contribution in [0.5, 0.6) is 0 Å². The molecule has 0 saturated heterocycles. The van der Waals surface area contributed by atoms with Crippen molar-refractivity contribution in [3.8, 4) is 0 Å². The molecule has 0 aliphatic rings. The van der Waals surface area contributed by atoms with Gasteiger partial charge in [0.15, 0.2) is 0 Å². The van der Waals surface area contributed by atoms with Crippen molar-refractivity contribution in [2.75, 3.05) is 13.7 Å². The molecule has 3 atom stereocenters. The lowest BCUT2D eigenvalue weighted by atomic mass is 9.91. The number of halogens is 2. The van der Waals surface area contributed by atoms with E-state index in [1.165, 1.54) is 12.1 Å². The highest BCUT2D eigenvalue weighted by Crippen LogP contribution is 2.28. The van der Waals surface area contributed by atoms with Gasteiger partial charge in [0.1, 0.15) is 5.82 Å². The molecule has 2 rings (SSSR count). The van der Waals surface area contributed by atoms with Crippen molar-refractivity contribution in [2.24, 2.45) is 11.8 Å². The van der Waals surface area contributed by atoms with Crippen LogP contribution in [0.2, 0.25) is 5.02 Å². The minimum absolute atomic E-state index is 0.111. The van der Waals surface area contributed by atoms with Gasteiger partial charge < -0.3 is 10.1 Å². The number of carbonyl (C=O) groups is 1. The highest BCUT2D eigenvalue weighted by Gasteiger charge is 2.24. The van der Waals surface area contributed by atoms with Gasteiger partial charge in [-0.1, -0.05) is 44.0 Å². The minimum Gasteiger partial charge on any atom is -0.377 e. The molecule has 0 radical (unpaired) electrons. The van der Waals surface area contributed by atoms with E-state index in [1.54, 1.807) is 30.9 Å². The van der Waals surface area contributed by atoms with Gasteiger partial charge in [-0.3, -0.25) is 15.0 Å². The lowest BCUT2D eigenvalue weighted by Gasteiger charge is -2.23. The molecule has 6 nitrogen and oxygen atoms in total. The van der Waals surface area contributed by atoms with Crippen molar-refractivity contribution in [3.63, 3.8) is 0 Å². The lowest BCUT2D eigenvalue weighted by Crippen LogP contribution is -2.30. The molecule has 0 spiro atoms. The number of carbonyl (C=O) groups excluding carboxylic acids is 1. The summed E-state index contributed by atoms with van der Waals surface area (Å²) in [4.78, 5) is 16.6. The molecule has 8 heteroatoms. The minimum atomic E-state index is -0.437. The van der Waals surface area contributed by atoms with Crippen LogP contribution >= 0.6 is 11.6 Å². The second-order valence-corrected chi connectivity index (χ2v) is 8.69. The SMILES string of the molecule is COC(CC(CCCCN[C@@H](c1ccc(Cl)cn1)C(C)C)C(=O)NO)c1ccc(F)cc1. The van der Waals surface area contributed by atoms with E-state index in [4.69, 9.17) is 21.5 Å². The largest absolute Gasteiger partial charge is 0.377 e. The fourth-order valence-corrected chi connectivity index (χ4v) is 3.89. The molecule has 3 N–H and O–H groups in total. The molecule has 176 valence electrons. The summed E-state index contributed by atoms with van der Waals surface area (Å²) in [7, 11) is 1.56. The van der Waals surface area contributed by atoms with E-state index in [0.717, 1.165) is 30.6 Å². The maximum Gasteiger partial charge on any atom is 0.246 e. The number of benzene rings is 1. The van der Waals surface area contributed by atoms with Gasteiger partial charge in [0.25, 0.3) is 0 Å². The molecule has 0 aliphatic heterocycles. The molecule has 1 aromatic heterocycles. The van der Waals surface area contributed by atoms with Crippen LogP contribution in [-0.4, -0.2) is 29.8 Å². The quantitative estimate of drug-likeness (QED) is 0.214. The third-order valence-electron chi connectivity index (χ3n) is 5.59. The molecule has 32 heavy (non-hydrogen) atoms. The van der Waals surface area contributed by atoms with Gasteiger partial charge in [0, 0.05) is 19.2 Å². The van der Waals surface area contributed by atoms with Crippen LogP contribution in [0, 0.1) is 17.7 Å². The van der Waals surface area contributed by atoms with Crippen LogP contribution in [0.15, 0.2) is 42.6 Å². The van der Waals surface area contributed by atoms with Crippen LogP contribution in [0.4, 0.5) is 4.39 Å². The number of hydrogen-bond donors (Lipinski definition) is 3. The third kappa shape index (κ3) is 8.13. The number of nitrogens with one attached hydrogen (secondary N) is 2. The van der Waals surface area contributed by atoms with Crippen molar-refractivity contribution >= 4 is 17.5 Å². The molecule has 1 aromatic carbocycles. The Bertz CT molecular complexity index is 818. The molecule has 0 fully saturated rings. The van der Waals surface area contributed by atoms with Crippen molar-refractivity contribution in [1.82, 2.24) is 15.8 Å². The molecule has 1 amide bonds. The average molecular weight is 466 g/mol. The predicted molar refractivity (Wildman–Crippen MR) is 123 cm³/mol. The van der Waals surface area contributed by atoms with Crippen molar-refractivity contribution in [3.05, 3.63) is 64.7 Å². The van der Waals surface area contributed by atoms with Gasteiger partial charge in [-0.05, 0) is 61.6 Å². The Morgan fingerprint density at radius 1 is 1.19 bits per heavy atom. The molecule has 2 unspecified atom stereocenters. The highest BCUT2D eigenvalue weighted by molar-refractivity contribution is 6.30. The fraction of sp³-hybridized carbons (Fsp3) is 0.500. The first kappa shape index (κ1) is 26.2. The Morgan fingerprint density at radius 2 is 1.91 bits per heavy atom. The number of amides is 1. The number of nitrogens with zero attached hydrogens (tertiary/aromatic N) is 1. The van der Waals surface area contributed by atoms with Crippen molar-refractivity contribution < 1.29 is 19.1 Å². The lowest BCUT2D eigenvalue weighted by molar-refractivity contribution is -0.135. The number of unbranched alkanes of at least 4 members (excludes halogenated alkanes) is 1. The van der Waals surface area contributed by atoms with E-state index in [2.05, 4.69) is 24.1 Å². The average Bonchev–Trinajstić information content (AvgIpc) is 2.79. The van der Waals surface area contributed by atoms with Crippen LogP contribution in [0.3, 0.4) is 0 Å². The van der Waals surface area contributed by atoms with Crippen molar-refractivity contribution in [1.29, 1.82) is 0 Å². The Kier molecular flexibility index (Phi) is 11.0. The van der Waals surface area contributed by atoms with E-state index in [1.807, 2.05) is 12.1 Å². The zero-order chi connectivity index (χ0) is 23.5. The molecule has 2 aromatic rings. The smallest absolute Gasteiger partial charge is 0.246 e. The number of rotatable bonds is 13. The molecular weight excluding hydrogens is 433 g/mol. The number of methoxy groups -OCH3 is 1. The van der Waals surface area contributed by atoms with E-state index >= 15 is 0 Å². The third-order valence-corrected chi connectivity index (χ3v) is 5.81. The summed E-state index contributed by atoms with van der Waals surface area (Å²) in [6, 6.07) is 9.93. The zero-order valence-electron chi connectivity index (χ0n) is 18.9. The second-order valence-electron chi connectivity index (χ2n) is 8.26. The second kappa shape index (κ2) is 13.5. The van der Waals surface area contributed by atoms with Gasteiger partial charge in [-0.25, -0.2) is 9.87 Å². The standard InChI is InChI=1S/C24H33ClFN3O3/c1-16(2)23(21-12-9-19(25)15-28-21)27-13-5-4-6-18(24(30)29-31)14-22(32-3)17-7-10-20(26)11-8-17/h7-12,15-16,18,22-23,27,31H,4-6,13-14H2,1-3H3,(H,29,30)/t18?,22?,23-/m1/s1. The number of aromatic nitrogens is 1. The van der Waals surface area contributed by atoms with Gasteiger partial charge in [0.05, 0.1) is 22.9 Å². The van der Waals surface area contributed by atoms with Crippen LogP contribution < -0.4 is 10.8 Å². The van der Waals surface area contributed by atoms with E-state index < -0.39 is 11.8 Å². The van der Waals surface area contributed by atoms with Crippen LogP contribution in [0.25, 0.3) is 0 Å². The number of hydrogen-bond acceptors (Lipinski definition) is 5. The highest BCUT2D eigenvalue weighted by atomic mass is 35.5. The first-order chi connectivity index (χ1) is 15.3. The number of pyridine rings is 1.